The summed E-state index contributed by atoms with van der Waals surface area (Å²) in [6.45, 7) is 1.22. The molecule has 0 saturated carbocycles. The first-order valence-electron chi connectivity index (χ1n) is 4.15. The highest BCUT2D eigenvalue weighted by molar-refractivity contribution is 6.04. The van der Waals surface area contributed by atoms with Crippen LogP contribution in [0, 0.1) is 0 Å². The van der Waals surface area contributed by atoms with Crippen molar-refractivity contribution in [1.82, 2.24) is 0 Å². The summed E-state index contributed by atoms with van der Waals surface area (Å²) in [7, 11) is 0. The third-order valence-corrected chi connectivity index (χ3v) is 2.22. The SMILES string of the molecule is CC1(O)C(=O)Nc2ccccc2N1O. The van der Waals surface area contributed by atoms with Crippen molar-refractivity contribution in [3.8, 4) is 0 Å². The van der Waals surface area contributed by atoms with E-state index in [1.165, 1.54) is 6.92 Å². The first-order chi connectivity index (χ1) is 6.53. The van der Waals surface area contributed by atoms with Crippen LogP contribution < -0.4 is 10.4 Å². The minimum atomic E-state index is -1.92. The number of carbonyl (C=O) groups is 1. The van der Waals surface area contributed by atoms with Gasteiger partial charge in [0, 0.05) is 0 Å². The zero-order valence-corrected chi connectivity index (χ0v) is 7.56. The number of para-hydroxylation sites is 2. The molecule has 1 heterocycles. The number of hydroxylamine groups is 1. The minimum absolute atomic E-state index is 0.372. The molecule has 5 heteroatoms. The number of nitrogens with one attached hydrogen (secondary N) is 1. The normalized spacial score (nSPS) is 25.6. The molecule has 1 amide bonds. The maximum absolute atomic E-state index is 11.3. The maximum Gasteiger partial charge on any atom is 0.279 e. The van der Waals surface area contributed by atoms with Gasteiger partial charge in [-0.15, -0.1) is 0 Å². The van der Waals surface area contributed by atoms with Gasteiger partial charge in [-0.05, 0) is 19.1 Å². The molecule has 1 aliphatic rings. The highest BCUT2D eigenvalue weighted by atomic mass is 16.5. The van der Waals surface area contributed by atoms with Gasteiger partial charge in [0.2, 0.25) is 5.72 Å². The van der Waals surface area contributed by atoms with Gasteiger partial charge in [-0.1, -0.05) is 12.1 Å². The van der Waals surface area contributed by atoms with Crippen molar-refractivity contribution in [3.63, 3.8) is 0 Å². The van der Waals surface area contributed by atoms with Crippen molar-refractivity contribution in [2.24, 2.45) is 0 Å². The van der Waals surface area contributed by atoms with E-state index in [1.54, 1.807) is 24.3 Å². The monoisotopic (exact) mass is 194 g/mol. The van der Waals surface area contributed by atoms with Crippen LogP contribution in [0.3, 0.4) is 0 Å². The Bertz CT molecular complexity index is 389. The highest BCUT2D eigenvalue weighted by Crippen LogP contribution is 2.33. The molecular weight excluding hydrogens is 184 g/mol. The number of hydrogen-bond acceptors (Lipinski definition) is 4. The molecule has 5 nitrogen and oxygen atoms in total. The Kier molecular flexibility index (Phi) is 1.73. The molecule has 14 heavy (non-hydrogen) atoms. The van der Waals surface area contributed by atoms with Crippen LogP contribution in [0.1, 0.15) is 6.92 Å². The van der Waals surface area contributed by atoms with E-state index in [9.17, 15) is 15.1 Å². The minimum Gasteiger partial charge on any atom is -0.362 e. The molecule has 0 spiro atoms. The van der Waals surface area contributed by atoms with Gasteiger partial charge in [-0.2, -0.15) is 0 Å². The Hall–Kier alpha value is -1.59. The number of fused-ring (bicyclic) bond motifs is 1. The fourth-order valence-electron chi connectivity index (χ4n) is 1.34. The lowest BCUT2D eigenvalue weighted by molar-refractivity contribution is -0.139. The summed E-state index contributed by atoms with van der Waals surface area (Å²) in [4.78, 5) is 11.3. The maximum atomic E-state index is 11.3. The second kappa shape index (κ2) is 2.70. The molecular formula is C9H10N2O3. The molecule has 74 valence electrons. The van der Waals surface area contributed by atoms with Crippen molar-refractivity contribution in [2.75, 3.05) is 10.4 Å². The summed E-state index contributed by atoms with van der Waals surface area (Å²) >= 11 is 0. The molecule has 1 aromatic carbocycles. The number of amides is 1. The Morgan fingerprint density at radius 3 is 2.79 bits per heavy atom. The molecule has 0 bridgehead atoms. The van der Waals surface area contributed by atoms with Crippen LogP contribution in [-0.2, 0) is 4.79 Å². The molecule has 1 aliphatic heterocycles. The smallest absolute Gasteiger partial charge is 0.279 e. The molecule has 0 fully saturated rings. The predicted octanol–water partition coefficient (Wildman–Crippen LogP) is 0.543. The second-order valence-corrected chi connectivity index (χ2v) is 3.30. The van der Waals surface area contributed by atoms with E-state index in [0.717, 1.165) is 0 Å². The van der Waals surface area contributed by atoms with Crippen molar-refractivity contribution in [1.29, 1.82) is 0 Å². The van der Waals surface area contributed by atoms with E-state index in [2.05, 4.69) is 5.32 Å². The van der Waals surface area contributed by atoms with Gasteiger partial charge in [0.05, 0.1) is 11.4 Å². The standard InChI is InChI=1S/C9H10N2O3/c1-9(13)8(12)10-6-4-2-3-5-7(6)11(9)14/h2-5,13-14H,1H3,(H,10,12). The summed E-state index contributed by atoms with van der Waals surface area (Å²) in [6, 6.07) is 6.68. The summed E-state index contributed by atoms with van der Waals surface area (Å²) in [6.07, 6.45) is 0. The number of benzene rings is 1. The zero-order valence-electron chi connectivity index (χ0n) is 7.56. The van der Waals surface area contributed by atoms with Crippen LogP contribution in [0.25, 0.3) is 0 Å². The largest absolute Gasteiger partial charge is 0.362 e. The number of nitrogens with zero attached hydrogens (tertiary/aromatic N) is 1. The Labute approximate surface area is 80.5 Å². The van der Waals surface area contributed by atoms with Crippen LogP contribution in [0.5, 0.6) is 0 Å². The highest BCUT2D eigenvalue weighted by Gasteiger charge is 2.42. The summed E-state index contributed by atoms with van der Waals surface area (Å²) < 4.78 is 0. The van der Waals surface area contributed by atoms with E-state index in [-0.39, 0.29) is 0 Å². The number of anilines is 2. The van der Waals surface area contributed by atoms with Gasteiger partial charge in [-0.3, -0.25) is 10.0 Å². The Morgan fingerprint density at radius 1 is 1.43 bits per heavy atom. The fraction of sp³-hybridized carbons (Fsp3) is 0.222. The molecule has 2 rings (SSSR count). The lowest BCUT2D eigenvalue weighted by Crippen LogP contribution is -2.56. The number of aliphatic hydroxyl groups is 1. The van der Waals surface area contributed by atoms with Crippen LogP contribution in [0.15, 0.2) is 24.3 Å². The molecule has 1 aromatic rings. The average molecular weight is 194 g/mol. The van der Waals surface area contributed by atoms with Gasteiger partial charge in [-0.25, -0.2) is 5.06 Å². The number of carbonyl (C=O) groups excluding carboxylic acids is 1. The summed E-state index contributed by atoms with van der Waals surface area (Å²) in [5, 5.41) is 22.3. The quantitative estimate of drug-likeness (QED) is 0.563. The van der Waals surface area contributed by atoms with Gasteiger partial charge >= 0.3 is 0 Å². The van der Waals surface area contributed by atoms with E-state index in [1.807, 2.05) is 0 Å². The first-order valence-corrected chi connectivity index (χ1v) is 4.15. The first kappa shape index (κ1) is 8.98. The van der Waals surface area contributed by atoms with Crippen LogP contribution in [0.2, 0.25) is 0 Å². The summed E-state index contributed by atoms with van der Waals surface area (Å²) in [5.41, 5.74) is -1.07. The van der Waals surface area contributed by atoms with Gasteiger partial charge in [0.25, 0.3) is 5.91 Å². The number of hydrogen-bond donors (Lipinski definition) is 3. The van der Waals surface area contributed by atoms with E-state index < -0.39 is 11.6 Å². The van der Waals surface area contributed by atoms with Crippen molar-refractivity contribution < 1.29 is 15.1 Å². The lowest BCUT2D eigenvalue weighted by Gasteiger charge is -2.37. The molecule has 1 atom stereocenters. The third kappa shape index (κ3) is 1.07. The van der Waals surface area contributed by atoms with Crippen molar-refractivity contribution in [2.45, 2.75) is 12.6 Å². The van der Waals surface area contributed by atoms with Crippen molar-refractivity contribution in [3.05, 3.63) is 24.3 Å². The Morgan fingerprint density at radius 2 is 2.07 bits per heavy atom. The molecule has 0 aromatic heterocycles. The second-order valence-electron chi connectivity index (χ2n) is 3.30. The van der Waals surface area contributed by atoms with Crippen LogP contribution >= 0.6 is 0 Å². The van der Waals surface area contributed by atoms with E-state index >= 15 is 0 Å². The molecule has 0 radical (unpaired) electrons. The third-order valence-electron chi connectivity index (χ3n) is 2.22. The van der Waals surface area contributed by atoms with E-state index in [0.29, 0.717) is 16.4 Å². The van der Waals surface area contributed by atoms with Crippen molar-refractivity contribution >= 4 is 17.3 Å². The van der Waals surface area contributed by atoms with Gasteiger partial charge in [0.15, 0.2) is 0 Å². The topological polar surface area (TPSA) is 72.8 Å². The predicted molar refractivity (Wildman–Crippen MR) is 50.0 cm³/mol. The lowest BCUT2D eigenvalue weighted by atomic mass is 10.1. The Balaban J connectivity index is 2.55. The zero-order chi connectivity index (χ0) is 10.3. The average Bonchev–Trinajstić information content (AvgIpc) is 2.15. The van der Waals surface area contributed by atoms with Gasteiger partial charge in [0.1, 0.15) is 0 Å². The van der Waals surface area contributed by atoms with Gasteiger partial charge < -0.3 is 10.4 Å². The van der Waals surface area contributed by atoms with Crippen LogP contribution in [-0.4, -0.2) is 21.9 Å². The molecule has 1 unspecified atom stereocenters. The number of rotatable bonds is 0. The molecule has 0 saturated heterocycles. The summed E-state index contributed by atoms with van der Waals surface area (Å²) in [5.74, 6) is -0.654. The molecule has 0 aliphatic carbocycles. The van der Waals surface area contributed by atoms with E-state index in [4.69, 9.17) is 0 Å². The fourth-order valence-corrected chi connectivity index (χ4v) is 1.34. The van der Waals surface area contributed by atoms with Crippen LogP contribution in [0.4, 0.5) is 11.4 Å². The molecule has 3 N–H and O–H groups in total.